The molecule has 2 aromatic rings. The number of nitrogens with two attached hydrogens (primary N) is 1. The Hall–Kier alpha value is -2.00. The van der Waals surface area contributed by atoms with Crippen molar-refractivity contribution < 1.29 is 4.79 Å². The second kappa shape index (κ2) is 7.32. The van der Waals surface area contributed by atoms with Gasteiger partial charge in [-0.15, -0.1) is 12.4 Å². The van der Waals surface area contributed by atoms with Gasteiger partial charge < -0.3 is 10.6 Å². The quantitative estimate of drug-likeness (QED) is 0.858. The molecule has 1 amide bonds. The number of hydrogen-bond acceptors (Lipinski definition) is 2. The van der Waals surface area contributed by atoms with Crippen LogP contribution in [0.2, 0.25) is 0 Å². The van der Waals surface area contributed by atoms with E-state index in [1.807, 2.05) is 11.0 Å². The Morgan fingerprint density at radius 2 is 1.55 bits per heavy atom. The van der Waals surface area contributed by atoms with Crippen molar-refractivity contribution in [3.8, 4) is 0 Å². The maximum Gasteiger partial charge on any atom is 0.253 e. The molecule has 2 N–H and O–H groups in total. The van der Waals surface area contributed by atoms with E-state index in [4.69, 9.17) is 5.73 Å². The van der Waals surface area contributed by atoms with Gasteiger partial charge in [-0.05, 0) is 48.6 Å². The van der Waals surface area contributed by atoms with Gasteiger partial charge in [-0.1, -0.05) is 30.3 Å². The van der Waals surface area contributed by atoms with Crippen LogP contribution in [-0.2, 0) is 0 Å². The molecule has 1 aliphatic rings. The monoisotopic (exact) mass is 316 g/mol. The summed E-state index contributed by atoms with van der Waals surface area (Å²) >= 11 is 0. The van der Waals surface area contributed by atoms with Gasteiger partial charge in [0.05, 0.1) is 0 Å². The van der Waals surface area contributed by atoms with Crippen LogP contribution in [0.3, 0.4) is 0 Å². The molecule has 1 aliphatic heterocycles. The highest BCUT2D eigenvalue weighted by Crippen LogP contribution is 2.28. The summed E-state index contributed by atoms with van der Waals surface area (Å²) in [4.78, 5) is 14.4. The summed E-state index contributed by atoms with van der Waals surface area (Å²) in [5.41, 5.74) is 8.46. The average Bonchev–Trinajstić information content (AvgIpc) is 2.56. The van der Waals surface area contributed by atoms with Gasteiger partial charge in [0, 0.05) is 24.3 Å². The molecule has 3 nitrogen and oxygen atoms in total. The summed E-state index contributed by atoms with van der Waals surface area (Å²) in [5, 5.41) is 0. The second-order valence-corrected chi connectivity index (χ2v) is 5.60. The van der Waals surface area contributed by atoms with Crippen molar-refractivity contribution in [2.75, 3.05) is 18.8 Å². The van der Waals surface area contributed by atoms with Crippen LogP contribution in [-0.4, -0.2) is 23.9 Å². The molecule has 0 bridgehead atoms. The number of halogens is 1. The number of amides is 1. The molecule has 22 heavy (non-hydrogen) atoms. The Morgan fingerprint density at radius 1 is 0.955 bits per heavy atom. The van der Waals surface area contributed by atoms with Gasteiger partial charge >= 0.3 is 0 Å². The summed E-state index contributed by atoms with van der Waals surface area (Å²) in [7, 11) is 0. The van der Waals surface area contributed by atoms with E-state index in [2.05, 4.69) is 24.3 Å². The molecule has 3 rings (SSSR count). The molecular formula is C18H21ClN2O. The molecule has 0 atom stereocenters. The van der Waals surface area contributed by atoms with Crippen molar-refractivity contribution in [1.82, 2.24) is 4.90 Å². The van der Waals surface area contributed by atoms with E-state index >= 15 is 0 Å². The van der Waals surface area contributed by atoms with Crippen LogP contribution >= 0.6 is 12.4 Å². The van der Waals surface area contributed by atoms with E-state index in [1.165, 1.54) is 5.56 Å². The third-order valence-electron chi connectivity index (χ3n) is 4.21. The number of nitrogen functional groups attached to an aromatic ring is 1. The largest absolute Gasteiger partial charge is 0.399 e. The number of rotatable bonds is 2. The van der Waals surface area contributed by atoms with Crippen molar-refractivity contribution in [3.05, 3.63) is 65.7 Å². The Morgan fingerprint density at radius 3 is 2.14 bits per heavy atom. The Labute approximate surface area is 137 Å². The van der Waals surface area contributed by atoms with Crippen LogP contribution in [0, 0.1) is 0 Å². The molecule has 0 unspecified atom stereocenters. The molecule has 0 aromatic heterocycles. The van der Waals surface area contributed by atoms with Gasteiger partial charge in [0.15, 0.2) is 0 Å². The van der Waals surface area contributed by atoms with E-state index in [0.717, 1.165) is 31.5 Å². The summed E-state index contributed by atoms with van der Waals surface area (Å²) in [6.07, 6.45) is 2.06. The molecule has 1 fully saturated rings. The predicted molar refractivity (Wildman–Crippen MR) is 92.4 cm³/mol. The first-order valence-corrected chi connectivity index (χ1v) is 7.44. The van der Waals surface area contributed by atoms with Gasteiger partial charge in [0.2, 0.25) is 0 Å². The zero-order chi connectivity index (χ0) is 14.7. The van der Waals surface area contributed by atoms with Crippen molar-refractivity contribution in [2.24, 2.45) is 0 Å². The van der Waals surface area contributed by atoms with E-state index < -0.39 is 0 Å². The second-order valence-electron chi connectivity index (χ2n) is 5.60. The highest BCUT2D eigenvalue weighted by Gasteiger charge is 2.24. The number of piperidine rings is 1. The fourth-order valence-electron chi connectivity index (χ4n) is 2.95. The summed E-state index contributed by atoms with van der Waals surface area (Å²) in [6, 6.07) is 17.8. The topological polar surface area (TPSA) is 46.3 Å². The molecule has 0 radical (unpaired) electrons. The van der Waals surface area contributed by atoms with E-state index in [0.29, 0.717) is 11.6 Å². The Bertz CT molecular complexity index is 605. The van der Waals surface area contributed by atoms with Crippen LogP contribution in [0.5, 0.6) is 0 Å². The summed E-state index contributed by atoms with van der Waals surface area (Å²) in [6.45, 7) is 1.64. The fourth-order valence-corrected chi connectivity index (χ4v) is 2.95. The van der Waals surface area contributed by atoms with Crippen molar-refractivity contribution >= 4 is 24.0 Å². The first-order valence-electron chi connectivity index (χ1n) is 7.44. The van der Waals surface area contributed by atoms with E-state index in [-0.39, 0.29) is 18.3 Å². The molecular weight excluding hydrogens is 296 g/mol. The third kappa shape index (κ3) is 3.60. The number of carbonyl (C=O) groups excluding carboxylic acids is 1. The van der Waals surface area contributed by atoms with Gasteiger partial charge in [0.25, 0.3) is 5.91 Å². The highest BCUT2D eigenvalue weighted by molar-refractivity contribution is 5.94. The molecule has 1 heterocycles. The van der Waals surface area contributed by atoms with Crippen LogP contribution in [0.15, 0.2) is 54.6 Å². The third-order valence-corrected chi connectivity index (χ3v) is 4.21. The number of carbonyl (C=O) groups is 1. The van der Waals surface area contributed by atoms with Crippen LogP contribution < -0.4 is 5.73 Å². The SMILES string of the molecule is Cl.Nc1ccc(C(=O)N2CCC(c3ccccc3)CC2)cc1. The van der Waals surface area contributed by atoms with Gasteiger partial charge in [-0.25, -0.2) is 0 Å². The number of benzene rings is 2. The minimum absolute atomic E-state index is 0. The zero-order valence-electron chi connectivity index (χ0n) is 12.4. The van der Waals surface area contributed by atoms with Gasteiger partial charge in [-0.3, -0.25) is 4.79 Å². The standard InChI is InChI=1S/C18H20N2O.ClH/c19-17-8-6-16(7-9-17)18(21)20-12-10-15(11-13-20)14-4-2-1-3-5-14;/h1-9,15H,10-13,19H2;1H. The van der Waals surface area contributed by atoms with E-state index in [1.54, 1.807) is 24.3 Å². The Balaban J connectivity index is 0.00000176. The lowest BCUT2D eigenvalue weighted by atomic mass is 9.89. The zero-order valence-corrected chi connectivity index (χ0v) is 13.3. The van der Waals surface area contributed by atoms with Crippen LogP contribution in [0.1, 0.15) is 34.7 Å². The normalized spacial score (nSPS) is 15.2. The maximum atomic E-state index is 12.4. The van der Waals surface area contributed by atoms with Crippen LogP contribution in [0.4, 0.5) is 5.69 Å². The molecule has 2 aromatic carbocycles. The lowest BCUT2D eigenvalue weighted by molar-refractivity contribution is 0.0713. The fraction of sp³-hybridized carbons (Fsp3) is 0.278. The maximum absolute atomic E-state index is 12.4. The lowest BCUT2D eigenvalue weighted by Gasteiger charge is -2.32. The molecule has 1 saturated heterocycles. The Kier molecular flexibility index (Phi) is 5.45. The first-order chi connectivity index (χ1) is 10.2. The van der Waals surface area contributed by atoms with Gasteiger partial charge in [-0.2, -0.15) is 0 Å². The summed E-state index contributed by atoms with van der Waals surface area (Å²) in [5.74, 6) is 0.683. The highest BCUT2D eigenvalue weighted by atomic mass is 35.5. The number of nitrogens with zero attached hydrogens (tertiary/aromatic N) is 1. The van der Waals surface area contributed by atoms with Crippen molar-refractivity contribution in [1.29, 1.82) is 0 Å². The van der Waals surface area contributed by atoms with Crippen LogP contribution in [0.25, 0.3) is 0 Å². The number of likely N-dealkylation sites (tertiary alicyclic amines) is 1. The van der Waals surface area contributed by atoms with E-state index in [9.17, 15) is 4.79 Å². The number of hydrogen-bond donors (Lipinski definition) is 1. The first kappa shape index (κ1) is 16.4. The lowest BCUT2D eigenvalue weighted by Crippen LogP contribution is -2.37. The minimum Gasteiger partial charge on any atom is -0.399 e. The smallest absolute Gasteiger partial charge is 0.253 e. The number of anilines is 1. The molecule has 0 saturated carbocycles. The van der Waals surface area contributed by atoms with Crippen molar-refractivity contribution in [2.45, 2.75) is 18.8 Å². The van der Waals surface area contributed by atoms with Crippen molar-refractivity contribution in [3.63, 3.8) is 0 Å². The molecule has 4 heteroatoms. The molecule has 0 spiro atoms. The summed E-state index contributed by atoms with van der Waals surface area (Å²) < 4.78 is 0. The van der Waals surface area contributed by atoms with Gasteiger partial charge in [0.1, 0.15) is 0 Å². The molecule has 116 valence electrons. The minimum atomic E-state index is 0. The predicted octanol–water partition coefficient (Wildman–Crippen LogP) is 3.71. The average molecular weight is 317 g/mol. The molecule has 0 aliphatic carbocycles.